The maximum atomic E-state index is 13.4. The number of aryl methyl sites for hydroxylation is 1. The molecular formula is C11H9FN2O2. The van der Waals surface area contributed by atoms with Crippen LogP contribution in [0.4, 0.5) is 10.3 Å². The summed E-state index contributed by atoms with van der Waals surface area (Å²) in [5, 5.41) is 3.49. The Kier molecular flexibility index (Phi) is 2.44. The number of rotatable bonds is 2. The number of aldehydes is 1. The molecule has 82 valence electrons. The molecule has 0 radical (unpaired) electrons. The second-order valence-corrected chi connectivity index (χ2v) is 3.41. The molecule has 0 unspecified atom stereocenters. The van der Waals surface area contributed by atoms with Crippen molar-refractivity contribution in [2.45, 2.75) is 6.92 Å². The van der Waals surface area contributed by atoms with Crippen molar-refractivity contribution >= 4 is 12.2 Å². The predicted molar refractivity (Wildman–Crippen MR) is 56.4 cm³/mol. The van der Waals surface area contributed by atoms with Gasteiger partial charge in [-0.25, -0.2) is 4.39 Å². The van der Waals surface area contributed by atoms with E-state index in [1.165, 1.54) is 18.3 Å². The molecule has 0 aliphatic rings. The van der Waals surface area contributed by atoms with E-state index >= 15 is 0 Å². The Balaban J connectivity index is 2.69. The van der Waals surface area contributed by atoms with Gasteiger partial charge in [0.05, 0.1) is 11.8 Å². The van der Waals surface area contributed by atoms with E-state index in [2.05, 4.69) is 9.68 Å². The van der Waals surface area contributed by atoms with Gasteiger partial charge in [0.25, 0.3) is 0 Å². The van der Waals surface area contributed by atoms with Crippen LogP contribution in [0.3, 0.4) is 0 Å². The van der Waals surface area contributed by atoms with E-state index in [4.69, 9.17) is 5.73 Å². The van der Waals surface area contributed by atoms with Gasteiger partial charge in [0.1, 0.15) is 5.82 Å². The number of aromatic nitrogens is 1. The maximum absolute atomic E-state index is 13.4. The molecule has 0 spiro atoms. The number of benzene rings is 1. The zero-order valence-electron chi connectivity index (χ0n) is 8.53. The Morgan fingerprint density at radius 3 is 2.75 bits per heavy atom. The first-order valence-corrected chi connectivity index (χ1v) is 4.59. The zero-order chi connectivity index (χ0) is 11.7. The minimum atomic E-state index is -0.402. The summed E-state index contributed by atoms with van der Waals surface area (Å²) in [6.07, 6.45) is 2.00. The number of hydrogen-bond acceptors (Lipinski definition) is 4. The van der Waals surface area contributed by atoms with E-state index in [1.54, 1.807) is 6.92 Å². The SMILES string of the molecule is Cc1cc(C=O)c(-c2cnoc2N)cc1F. The smallest absolute Gasteiger partial charge is 0.229 e. The number of anilines is 1. The van der Waals surface area contributed by atoms with Crippen LogP contribution in [0.1, 0.15) is 15.9 Å². The summed E-state index contributed by atoms with van der Waals surface area (Å²) < 4.78 is 18.1. The van der Waals surface area contributed by atoms with Crippen molar-refractivity contribution in [3.05, 3.63) is 35.3 Å². The molecule has 0 bridgehead atoms. The third-order valence-electron chi connectivity index (χ3n) is 2.35. The molecule has 0 saturated heterocycles. The van der Waals surface area contributed by atoms with Gasteiger partial charge in [-0.05, 0) is 24.6 Å². The molecule has 1 aromatic carbocycles. The third-order valence-corrected chi connectivity index (χ3v) is 2.35. The van der Waals surface area contributed by atoms with Crippen LogP contribution in [0.25, 0.3) is 11.1 Å². The first kappa shape index (κ1) is 10.4. The molecule has 5 heteroatoms. The molecule has 4 nitrogen and oxygen atoms in total. The number of nitrogen functional groups attached to an aromatic ring is 1. The van der Waals surface area contributed by atoms with Crippen LogP contribution >= 0.6 is 0 Å². The second kappa shape index (κ2) is 3.77. The van der Waals surface area contributed by atoms with Gasteiger partial charge in [-0.3, -0.25) is 4.79 Å². The summed E-state index contributed by atoms with van der Waals surface area (Å²) >= 11 is 0. The average molecular weight is 220 g/mol. The van der Waals surface area contributed by atoms with Gasteiger partial charge < -0.3 is 10.3 Å². The summed E-state index contributed by atoms with van der Waals surface area (Å²) in [7, 11) is 0. The molecule has 2 aromatic rings. The number of nitrogens with two attached hydrogens (primary N) is 1. The van der Waals surface area contributed by atoms with Crippen LogP contribution in [0.5, 0.6) is 0 Å². The standard InChI is InChI=1S/C11H9FN2O2/c1-6-2-7(5-15)8(3-10(6)12)9-4-14-16-11(9)13/h2-5H,13H2,1H3. The van der Waals surface area contributed by atoms with Gasteiger partial charge >= 0.3 is 0 Å². The van der Waals surface area contributed by atoms with Crippen LogP contribution in [0, 0.1) is 12.7 Å². The minimum Gasteiger partial charge on any atom is -0.367 e. The summed E-state index contributed by atoms with van der Waals surface area (Å²) in [6, 6.07) is 2.71. The Labute approximate surface area is 90.9 Å². The monoisotopic (exact) mass is 220 g/mol. The number of hydrogen-bond donors (Lipinski definition) is 1. The van der Waals surface area contributed by atoms with Gasteiger partial charge in [-0.15, -0.1) is 0 Å². The van der Waals surface area contributed by atoms with Crippen molar-refractivity contribution in [3.63, 3.8) is 0 Å². The fourth-order valence-electron chi connectivity index (χ4n) is 1.49. The van der Waals surface area contributed by atoms with Gasteiger partial charge in [-0.2, -0.15) is 0 Å². The normalized spacial score (nSPS) is 10.4. The Morgan fingerprint density at radius 1 is 1.44 bits per heavy atom. The quantitative estimate of drug-likeness (QED) is 0.787. The van der Waals surface area contributed by atoms with Crippen molar-refractivity contribution in [1.82, 2.24) is 5.16 Å². The molecule has 0 atom stereocenters. The average Bonchev–Trinajstić information content (AvgIpc) is 2.68. The van der Waals surface area contributed by atoms with Crippen molar-refractivity contribution in [2.24, 2.45) is 0 Å². The highest BCUT2D eigenvalue weighted by atomic mass is 19.1. The molecule has 1 heterocycles. The van der Waals surface area contributed by atoms with Crippen LogP contribution in [-0.4, -0.2) is 11.4 Å². The van der Waals surface area contributed by atoms with E-state index < -0.39 is 5.82 Å². The van der Waals surface area contributed by atoms with Crippen molar-refractivity contribution in [3.8, 4) is 11.1 Å². The molecule has 0 saturated carbocycles. The van der Waals surface area contributed by atoms with Crippen LogP contribution in [-0.2, 0) is 0 Å². The first-order chi connectivity index (χ1) is 7.63. The number of carbonyl (C=O) groups excluding carboxylic acids is 1. The largest absolute Gasteiger partial charge is 0.367 e. The number of carbonyl (C=O) groups is 1. The lowest BCUT2D eigenvalue weighted by molar-refractivity contribution is 0.112. The second-order valence-electron chi connectivity index (χ2n) is 3.41. The lowest BCUT2D eigenvalue weighted by Crippen LogP contribution is -1.94. The zero-order valence-corrected chi connectivity index (χ0v) is 8.53. The summed E-state index contributed by atoms with van der Waals surface area (Å²) in [5.74, 6) is -0.340. The summed E-state index contributed by atoms with van der Waals surface area (Å²) in [5.41, 5.74) is 7.08. The van der Waals surface area contributed by atoms with Crippen LogP contribution in [0.2, 0.25) is 0 Å². The minimum absolute atomic E-state index is 0.0614. The highest BCUT2D eigenvalue weighted by Crippen LogP contribution is 2.29. The first-order valence-electron chi connectivity index (χ1n) is 4.59. The summed E-state index contributed by atoms with van der Waals surface area (Å²) in [6.45, 7) is 1.59. The van der Waals surface area contributed by atoms with Gasteiger partial charge in [0, 0.05) is 11.1 Å². The van der Waals surface area contributed by atoms with E-state index in [9.17, 15) is 9.18 Å². The molecule has 0 fully saturated rings. The molecule has 0 aliphatic carbocycles. The molecule has 1 aromatic heterocycles. The van der Waals surface area contributed by atoms with E-state index in [1.807, 2.05) is 0 Å². The van der Waals surface area contributed by atoms with Crippen molar-refractivity contribution in [1.29, 1.82) is 0 Å². The van der Waals surface area contributed by atoms with Crippen LogP contribution < -0.4 is 5.73 Å². The van der Waals surface area contributed by atoms with Crippen molar-refractivity contribution in [2.75, 3.05) is 5.73 Å². The van der Waals surface area contributed by atoms with Crippen molar-refractivity contribution < 1.29 is 13.7 Å². The molecule has 0 amide bonds. The molecular weight excluding hydrogens is 211 g/mol. The molecule has 0 aliphatic heterocycles. The molecule has 16 heavy (non-hydrogen) atoms. The van der Waals surface area contributed by atoms with Gasteiger partial charge in [0.15, 0.2) is 6.29 Å². The Bertz CT molecular complexity index is 549. The number of nitrogens with zero attached hydrogens (tertiary/aromatic N) is 1. The summed E-state index contributed by atoms with van der Waals surface area (Å²) in [4.78, 5) is 10.9. The maximum Gasteiger partial charge on any atom is 0.229 e. The molecule has 2 rings (SSSR count). The molecule has 2 N–H and O–H groups in total. The lowest BCUT2D eigenvalue weighted by atomic mass is 10.00. The van der Waals surface area contributed by atoms with Crippen LogP contribution in [0.15, 0.2) is 22.9 Å². The Morgan fingerprint density at radius 2 is 2.19 bits per heavy atom. The third kappa shape index (κ3) is 1.56. The van der Waals surface area contributed by atoms with E-state index in [0.29, 0.717) is 28.5 Å². The topological polar surface area (TPSA) is 69.1 Å². The van der Waals surface area contributed by atoms with Gasteiger partial charge in [-0.1, -0.05) is 5.16 Å². The van der Waals surface area contributed by atoms with Gasteiger partial charge in [0.2, 0.25) is 5.88 Å². The highest BCUT2D eigenvalue weighted by molar-refractivity contribution is 5.90. The highest BCUT2D eigenvalue weighted by Gasteiger charge is 2.13. The van der Waals surface area contributed by atoms with E-state index in [-0.39, 0.29) is 5.88 Å². The fourth-order valence-corrected chi connectivity index (χ4v) is 1.49. The van der Waals surface area contributed by atoms with E-state index in [0.717, 1.165) is 0 Å². The number of halogens is 1. The fraction of sp³-hybridized carbons (Fsp3) is 0.0909. The predicted octanol–water partition coefficient (Wildman–Crippen LogP) is 2.18. The lowest BCUT2D eigenvalue weighted by Gasteiger charge is -2.05. The Hall–Kier alpha value is -2.17.